The minimum absolute atomic E-state index is 0.423. The van der Waals surface area contributed by atoms with Crippen LogP contribution in [0.2, 0.25) is 0 Å². The molecule has 0 aliphatic rings. The van der Waals surface area contributed by atoms with E-state index in [2.05, 4.69) is 13.8 Å². The summed E-state index contributed by atoms with van der Waals surface area (Å²) in [6.07, 6.45) is 4.47. The van der Waals surface area contributed by atoms with Crippen LogP contribution in [-0.4, -0.2) is 5.97 Å². The lowest BCUT2D eigenvalue weighted by atomic mass is 10.0. The van der Waals surface area contributed by atoms with Crippen LogP contribution in [-0.2, 0) is 4.79 Å². The number of carbonyl (C=O) groups excluding carboxylic acids is 1. The summed E-state index contributed by atoms with van der Waals surface area (Å²) in [6.45, 7) is 4.24. The van der Waals surface area contributed by atoms with Gasteiger partial charge in [-0.05, 0) is 41.8 Å². The molecule has 0 saturated carbocycles. The number of carbonyl (C=O) groups is 1. The van der Waals surface area contributed by atoms with E-state index in [0.717, 1.165) is 0 Å². The van der Waals surface area contributed by atoms with Crippen molar-refractivity contribution in [1.29, 1.82) is 0 Å². The predicted molar refractivity (Wildman–Crippen MR) is 73.9 cm³/mol. The van der Waals surface area contributed by atoms with Crippen molar-refractivity contribution in [2.75, 3.05) is 0 Å². The van der Waals surface area contributed by atoms with Gasteiger partial charge in [-0.2, -0.15) is 0 Å². The smallest absolute Gasteiger partial charge is 0.336 e. The Hall–Kier alpha value is -2.29. The predicted octanol–water partition coefficient (Wildman–Crippen LogP) is 4.02. The fourth-order valence-electron chi connectivity index (χ4n) is 1.61. The fraction of sp³-hybridized carbons (Fsp3) is 0.188. The van der Waals surface area contributed by atoms with Crippen molar-refractivity contribution in [2.24, 2.45) is 0 Å². The van der Waals surface area contributed by atoms with Gasteiger partial charge in [0.15, 0.2) is 0 Å². The SMILES string of the molecule is CC(C)c1ccc(OC(=O)/C=C/c2ccco2)cc1. The van der Waals surface area contributed by atoms with E-state index in [4.69, 9.17) is 9.15 Å². The van der Waals surface area contributed by atoms with Gasteiger partial charge in [-0.25, -0.2) is 4.79 Å². The summed E-state index contributed by atoms with van der Waals surface area (Å²) in [5, 5.41) is 0. The van der Waals surface area contributed by atoms with Crippen LogP contribution in [0.25, 0.3) is 6.08 Å². The zero-order valence-electron chi connectivity index (χ0n) is 11.0. The fourth-order valence-corrected chi connectivity index (χ4v) is 1.61. The lowest BCUT2D eigenvalue weighted by Gasteiger charge is -2.06. The average molecular weight is 256 g/mol. The maximum absolute atomic E-state index is 11.6. The highest BCUT2D eigenvalue weighted by molar-refractivity contribution is 5.88. The normalized spacial score (nSPS) is 11.1. The van der Waals surface area contributed by atoms with Gasteiger partial charge >= 0.3 is 5.97 Å². The van der Waals surface area contributed by atoms with Gasteiger partial charge in [0.25, 0.3) is 0 Å². The molecule has 3 heteroatoms. The second-order valence-electron chi connectivity index (χ2n) is 4.49. The lowest BCUT2D eigenvalue weighted by Crippen LogP contribution is -2.03. The van der Waals surface area contributed by atoms with Crippen LogP contribution in [0.1, 0.15) is 31.1 Å². The first-order chi connectivity index (χ1) is 9.15. The molecule has 0 saturated heterocycles. The zero-order valence-corrected chi connectivity index (χ0v) is 11.0. The van der Waals surface area contributed by atoms with E-state index in [0.29, 0.717) is 17.4 Å². The summed E-state index contributed by atoms with van der Waals surface area (Å²) in [6, 6.07) is 11.0. The number of furan rings is 1. The van der Waals surface area contributed by atoms with Crippen LogP contribution < -0.4 is 4.74 Å². The highest BCUT2D eigenvalue weighted by atomic mass is 16.5. The van der Waals surface area contributed by atoms with Gasteiger partial charge < -0.3 is 9.15 Å². The van der Waals surface area contributed by atoms with Gasteiger partial charge in [0, 0.05) is 6.08 Å². The van der Waals surface area contributed by atoms with E-state index in [-0.39, 0.29) is 0 Å². The Morgan fingerprint density at radius 1 is 1.21 bits per heavy atom. The van der Waals surface area contributed by atoms with Crippen LogP contribution in [0.15, 0.2) is 53.2 Å². The van der Waals surface area contributed by atoms with E-state index in [9.17, 15) is 4.79 Å². The molecule has 1 heterocycles. The average Bonchev–Trinajstić information content (AvgIpc) is 2.90. The molecular formula is C16H16O3. The molecule has 2 aromatic rings. The molecule has 3 nitrogen and oxygen atoms in total. The first kappa shape index (κ1) is 13.1. The Morgan fingerprint density at radius 3 is 2.53 bits per heavy atom. The zero-order chi connectivity index (χ0) is 13.7. The molecule has 0 aliphatic heterocycles. The standard InChI is InChI=1S/C16H16O3/c1-12(2)13-5-7-15(8-6-13)19-16(17)10-9-14-4-3-11-18-14/h3-12H,1-2H3/b10-9+. The Bertz CT molecular complexity index is 548. The highest BCUT2D eigenvalue weighted by Gasteiger charge is 2.03. The van der Waals surface area contributed by atoms with Crippen molar-refractivity contribution >= 4 is 12.0 Å². The van der Waals surface area contributed by atoms with E-state index in [1.165, 1.54) is 11.6 Å². The summed E-state index contributed by atoms with van der Waals surface area (Å²) >= 11 is 0. The van der Waals surface area contributed by atoms with E-state index >= 15 is 0 Å². The largest absolute Gasteiger partial charge is 0.465 e. The third kappa shape index (κ3) is 3.85. The molecule has 98 valence electrons. The summed E-state index contributed by atoms with van der Waals surface area (Å²) < 4.78 is 10.3. The van der Waals surface area contributed by atoms with Crippen molar-refractivity contribution in [3.8, 4) is 5.75 Å². The number of ether oxygens (including phenoxy) is 1. The van der Waals surface area contributed by atoms with Gasteiger partial charge in [-0.15, -0.1) is 0 Å². The molecule has 1 aromatic heterocycles. The topological polar surface area (TPSA) is 39.4 Å². The Kier molecular flexibility index (Phi) is 4.18. The van der Waals surface area contributed by atoms with E-state index in [1.807, 2.05) is 12.1 Å². The molecule has 0 unspecified atom stereocenters. The molecule has 19 heavy (non-hydrogen) atoms. The summed E-state index contributed by atoms with van der Waals surface area (Å²) in [4.78, 5) is 11.6. The molecule has 2 rings (SSSR count). The second kappa shape index (κ2) is 6.05. The molecular weight excluding hydrogens is 240 g/mol. The molecule has 0 radical (unpaired) electrons. The molecule has 0 aliphatic carbocycles. The van der Waals surface area contributed by atoms with Crippen LogP contribution in [0.4, 0.5) is 0 Å². The Balaban J connectivity index is 1.95. The number of hydrogen-bond acceptors (Lipinski definition) is 3. The maximum Gasteiger partial charge on any atom is 0.336 e. The summed E-state index contributed by atoms with van der Waals surface area (Å²) in [7, 11) is 0. The molecule has 1 aromatic carbocycles. The van der Waals surface area contributed by atoms with Gasteiger partial charge in [0.1, 0.15) is 11.5 Å². The number of rotatable bonds is 4. The van der Waals surface area contributed by atoms with Crippen LogP contribution in [0.5, 0.6) is 5.75 Å². The minimum atomic E-state index is -0.423. The first-order valence-corrected chi connectivity index (χ1v) is 6.18. The third-order valence-corrected chi connectivity index (χ3v) is 2.69. The van der Waals surface area contributed by atoms with Gasteiger partial charge in [0.05, 0.1) is 6.26 Å². The quantitative estimate of drug-likeness (QED) is 0.471. The lowest BCUT2D eigenvalue weighted by molar-refractivity contribution is -0.128. The van der Waals surface area contributed by atoms with Crippen LogP contribution in [0, 0.1) is 0 Å². The number of benzene rings is 1. The van der Waals surface area contributed by atoms with Crippen LogP contribution in [0.3, 0.4) is 0 Å². The van der Waals surface area contributed by atoms with Gasteiger partial charge in [-0.1, -0.05) is 26.0 Å². The van der Waals surface area contributed by atoms with Crippen LogP contribution >= 0.6 is 0 Å². The van der Waals surface area contributed by atoms with E-state index in [1.54, 1.807) is 36.6 Å². The second-order valence-corrected chi connectivity index (χ2v) is 4.49. The Morgan fingerprint density at radius 2 is 1.95 bits per heavy atom. The monoisotopic (exact) mass is 256 g/mol. The summed E-state index contributed by atoms with van der Waals surface area (Å²) in [5.41, 5.74) is 1.21. The summed E-state index contributed by atoms with van der Waals surface area (Å²) in [5.74, 6) is 1.20. The van der Waals surface area contributed by atoms with Crippen molar-refractivity contribution in [3.05, 3.63) is 60.1 Å². The third-order valence-electron chi connectivity index (χ3n) is 2.69. The first-order valence-electron chi connectivity index (χ1n) is 6.18. The van der Waals surface area contributed by atoms with Crippen molar-refractivity contribution in [2.45, 2.75) is 19.8 Å². The Labute approximate surface area is 112 Å². The molecule has 0 amide bonds. The molecule has 0 atom stereocenters. The van der Waals surface area contributed by atoms with Crippen molar-refractivity contribution < 1.29 is 13.9 Å². The molecule has 0 N–H and O–H groups in total. The number of esters is 1. The van der Waals surface area contributed by atoms with Gasteiger partial charge in [0.2, 0.25) is 0 Å². The van der Waals surface area contributed by atoms with Gasteiger partial charge in [-0.3, -0.25) is 0 Å². The van der Waals surface area contributed by atoms with E-state index < -0.39 is 5.97 Å². The maximum atomic E-state index is 11.6. The molecule has 0 bridgehead atoms. The highest BCUT2D eigenvalue weighted by Crippen LogP contribution is 2.18. The molecule has 0 fully saturated rings. The minimum Gasteiger partial charge on any atom is -0.465 e. The number of hydrogen-bond donors (Lipinski definition) is 0. The molecule has 0 spiro atoms. The van der Waals surface area contributed by atoms with Crippen molar-refractivity contribution in [3.63, 3.8) is 0 Å². The van der Waals surface area contributed by atoms with Crippen molar-refractivity contribution in [1.82, 2.24) is 0 Å².